The Kier molecular flexibility index (Phi) is 3.49. The molecule has 0 radical (unpaired) electrons. The first-order chi connectivity index (χ1) is 13.2. The quantitative estimate of drug-likeness (QED) is 0.589. The fourth-order valence-electron chi connectivity index (χ4n) is 3.55. The van der Waals surface area contributed by atoms with Crippen LogP contribution in [0.15, 0.2) is 47.3 Å². The molecule has 1 aliphatic heterocycles. The average Bonchev–Trinajstić information content (AvgIpc) is 3.35. The highest BCUT2D eigenvalue weighted by atomic mass is 16.4. The van der Waals surface area contributed by atoms with Crippen LogP contribution in [0.2, 0.25) is 0 Å². The predicted molar refractivity (Wildman–Crippen MR) is 95.9 cm³/mol. The number of carbonyl (C=O) groups is 1. The van der Waals surface area contributed by atoms with Gasteiger partial charge in [0.15, 0.2) is 0 Å². The zero-order valence-electron chi connectivity index (χ0n) is 14.6. The van der Waals surface area contributed by atoms with Crippen LogP contribution in [0.3, 0.4) is 0 Å². The van der Waals surface area contributed by atoms with Crippen LogP contribution in [0.25, 0.3) is 10.8 Å². The number of hydrogen-bond donors (Lipinski definition) is 1. The Morgan fingerprint density at radius 3 is 2.89 bits per heavy atom. The molecule has 0 saturated carbocycles. The van der Waals surface area contributed by atoms with Crippen LogP contribution in [0.4, 0.5) is 0 Å². The van der Waals surface area contributed by atoms with Gasteiger partial charge in [-0.2, -0.15) is 0 Å². The van der Waals surface area contributed by atoms with E-state index in [1.54, 1.807) is 18.2 Å². The summed E-state index contributed by atoms with van der Waals surface area (Å²) < 4.78 is 5.36. The predicted octanol–water partition coefficient (Wildman–Crippen LogP) is 2.44. The van der Waals surface area contributed by atoms with Gasteiger partial charge in [0.2, 0.25) is 5.89 Å². The van der Waals surface area contributed by atoms with E-state index in [1.165, 1.54) is 0 Å². The van der Waals surface area contributed by atoms with Gasteiger partial charge in [0, 0.05) is 37.2 Å². The summed E-state index contributed by atoms with van der Waals surface area (Å²) in [6, 6.07) is 9.59. The van der Waals surface area contributed by atoms with E-state index >= 15 is 0 Å². The molecule has 8 heteroatoms. The molecule has 1 aliphatic rings. The molecule has 27 heavy (non-hydrogen) atoms. The molecule has 134 valence electrons. The van der Waals surface area contributed by atoms with Crippen molar-refractivity contribution in [1.29, 1.82) is 0 Å². The van der Waals surface area contributed by atoms with Gasteiger partial charge in [-0.25, -0.2) is 4.98 Å². The van der Waals surface area contributed by atoms with E-state index in [-0.39, 0.29) is 11.8 Å². The summed E-state index contributed by atoms with van der Waals surface area (Å²) in [5.41, 5.74) is 2.57. The highest BCUT2D eigenvalue weighted by Crippen LogP contribution is 2.34. The molecule has 5 rings (SSSR count). The topological polar surface area (TPSA) is 101 Å². The molecule has 1 amide bonds. The first kappa shape index (κ1) is 15.7. The summed E-state index contributed by atoms with van der Waals surface area (Å²) >= 11 is 0. The largest absolute Gasteiger partial charge is 0.417 e. The number of amides is 1. The van der Waals surface area contributed by atoms with Crippen LogP contribution in [0, 0.1) is 6.92 Å². The number of nitrogens with one attached hydrogen (secondary N) is 1. The van der Waals surface area contributed by atoms with Crippen molar-refractivity contribution in [3.63, 3.8) is 0 Å². The third-order valence-corrected chi connectivity index (χ3v) is 4.83. The number of aromatic amines is 1. The fraction of sp³-hybridized carbons (Fsp3) is 0.211. The first-order valence-electron chi connectivity index (χ1n) is 8.68. The molecule has 0 fully saturated rings. The highest BCUT2D eigenvalue weighted by Gasteiger charge is 2.37. The number of H-pyrrole nitrogens is 1. The van der Waals surface area contributed by atoms with Gasteiger partial charge >= 0.3 is 11.8 Å². The first-order valence-corrected chi connectivity index (χ1v) is 8.68. The van der Waals surface area contributed by atoms with Crippen molar-refractivity contribution in [2.24, 2.45) is 0 Å². The second-order valence-corrected chi connectivity index (χ2v) is 6.50. The number of aryl methyl sites for hydroxylation is 1. The van der Waals surface area contributed by atoms with E-state index in [4.69, 9.17) is 4.42 Å². The Balaban J connectivity index is 1.63. The van der Waals surface area contributed by atoms with Crippen molar-refractivity contribution in [2.45, 2.75) is 19.4 Å². The van der Waals surface area contributed by atoms with E-state index < -0.39 is 6.04 Å². The van der Waals surface area contributed by atoms with Gasteiger partial charge in [-0.1, -0.05) is 24.3 Å². The van der Waals surface area contributed by atoms with Crippen molar-refractivity contribution < 1.29 is 9.21 Å². The van der Waals surface area contributed by atoms with Gasteiger partial charge in [-0.3, -0.25) is 9.78 Å². The molecule has 0 spiro atoms. The van der Waals surface area contributed by atoms with E-state index in [0.29, 0.717) is 18.9 Å². The lowest BCUT2D eigenvalue weighted by molar-refractivity contribution is 0.0645. The number of hydrogen-bond acceptors (Lipinski definition) is 6. The van der Waals surface area contributed by atoms with Gasteiger partial charge in [0.1, 0.15) is 6.04 Å². The zero-order valence-corrected chi connectivity index (χ0v) is 14.6. The zero-order chi connectivity index (χ0) is 18.4. The van der Waals surface area contributed by atoms with E-state index in [2.05, 4.69) is 25.1 Å². The minimum Gasteiger partial charge on any atom is -0.417 e. The number of imidazole rings is 1. The molecule has 4 heterocycles. The monoisotopic (exact) mass is 360 g/mol. The molecular weight excluding hydrogens is 344 g/mol. The van der Waals surface area contributed by atoms with Crippen LogP contribution in [-0.2, 0) is 6.42 Å². The minimum atomic E-state index is -0.413. The fourth-order valence-corrected chi connectivity index (χ4v) is 3.55. The second-order valence-electron chi connectivity index (χ2n) is 6.50. The molecule has 4 aromatic rings. The number of carbonyl (C=O) groups excluding carboxylic acids is 1. The Morgan fingerprint density at radius 2 is 2.07 bits per heavy atom. The van der Waals surface area contributed by atoms with Gasteiger partial charge in [0.25, 0.3) is 0 Å². The Hall–Kier alpha value is -3.55. The Bertz CT molecular complexity index is 1150. The van der Waals surface area contributed by atoms with Crippen LogP contribution >= 0.6 is 0 Å². The summed E-state index contributed by atoms with van der Waals surface area (Å²) in [6.07, 6.45) is 4.16. The number of benzene rings is 1. The van der Waals surface area contributed by atoms with Crippen LogP contribution in [-0.4, -0.2) is 42.5 Å². The number of fused-ring (bicyclic) bond motifs is 2. The van der Waals surface area contributed by atoms with Crippen molar-refractivity contribution in [3.8, 4) is 0 Å². The van der Waals surface area contributed by atoms with E-state index in [0.717, 1.165) is 27.9 Å². The maximum Gasteiger partial charge on any atom is 0.312 e. The SMILES string of the molecule is Cc1nnc(C(=O)N2CCc3[nH]cnc3[C@H]2c2cc3ccccc3cn2)o1. The number of nitrogens with zero attached hydrogens (tertiary/aromatic N) is 5. The van der Waals surface area contributed by atoms with Crippen molar-refractivity contribution in [1.82, 2.24) is 30.0 Å². The van der Waals surface area contributed by atoms with E-state index in [9.17, 15) is 4.79 Å². The summed E-state index contributed by atoms with van der Waals surface area (Å²) in [7, 11) is 0. The van der Waals surface area contributed by atoms with Gasteiger partial charge in [-0.15, -0.1) is 10.2 Å². The van der Waals surface area contributed by atoms with E-state index in [1.807, 2.05) is 36.5 Å². The lowest BCUT2D eigenvalue weighted by Gasteiger charge is -2.33. The van der Waals surface area contributed by atoms with Gasteiger partial charge < -0.3 is 14.3 Å². The standard InChI is InChI=1S/C19H16N6O2/c1-11-23-24-18(27-11)19(26)25-7-6-14-16(22-10-21-14)17(25)15-8-12-4-2-3-5-13(12)9-20-15/h2-5,8-10,17H,6-7H2,1H3,(H,21,22)/t17-/m1/s1. The van der Waals surface area contributed by atoms with Crippen molar-refractivity contribution in [2.75, 3.05) is 6.54 Å². The number of rotatable bonds is 2. The summed E-state index contributed by atoms with van der Waals surface area (Å²) in [5, 5.41) is 9.77. The van der Waals surface area contributed by atoms with Gasteiger partial charge in [0.05, 0.1) is 17.7 Å². The van der Waals surface area contributed by atoms with Crippen LogP contribution in [0.1, 0.15) is 39.7 Å². The lowest BCUT2D eigenvalue weighted by atomic mass is 9.98. The average molecular weight is 360 g/mol. The Morgan fingerprint density at radius 1 is 1.22 bits per heavy atom. The molecular formula is C19H16N6O2. The maximum absolute atomic E-state index is 13.1. The molecule has 1 aromatic carbocycles. The Labute approximate surface area is 154 Å². The summed E-state index contributed by atoms with van der Waals surface area (Å²) in [6.45, 7) is 2.17. The third kappa shape index (κ3) is 2.57. The van der Waals surface area contributed by atoms with Crippen molar-refractivity contribution >= 4 is 16.7 Å². The molecule has 0 saturated heterocycles. The molecule has 1 N–H and O–H groups in total. The highest BCUT2D eigenvalue weighted by molar-refractivity contribution is 5.90. The third-order valence-electron chi connectivity index (χ3n) is 4.83. The van der Waals surface area contributed by atoms with Crippen molar-refractivity contribution in [3.05, 3.63) is 71.7 Å². The second kappa shape index (κ2) is 6.01. The number of aromatic nitrogens is 5. The lowest BCUT2D eigenvalue weighted by Crippen LogP contribution is -2.41. The van der Waals surface area contributed by atoms with Crippen LogP contribution < -0.4 is 0 Å². The molecule has 0 aliphatic carbocycles. The normalized spacial score (nSPS) is 16.5. The van der Waals surface area contributed by atoms with Crippen LogP contribution in [0.5, 0.6) is 0 Å². The number of pyridine rings is 1. The molecule has 3 aromatic heterocycles. The minimum absolute atomic E-state index is 0.0164. The molecule has 8 nitrogen and oxygen atoms in total. The smallest absolute Gasteiger partial charge is 0.312 e. The maximum atomic E-state index is 13.1. The molecule has 0 unspecified atom stereocenters. The van der Waals surface area contributed by atoms with Gasteiger partial charge in [-0.05, 0) is 11.5 Å². The molecule has 0 bridgehead atoms. The molecule has 1 atom stereocenters. The summed E-state index contributed by atoms with van der Waals surface area (Å²) in [5.74, 6) is 0.0256. The summed E-state index contributed by atoms with van der Waals surface area (Å²) in [4.78, 5) is 27.0.